The third kappa shape index (κ3) is 2.04. The first-order chi connectivity index (χ1) is 9.19. The quantitative estimate of drug-likeness (QED) is 0.748. The van der Waals surface area contributed by atoms with Crippen molar-refractivity contribution in [2.75, 3.05) is 5.32 Å². The summed E-state index contributed by atoms with van der Waals surface area (Å²) in [5.41, 5.74) is 2.49. The van der Waals surface area contributed by atoms with Gasteiger partial charge in [0.25, 0.3) is 0 Å². The van der Waals surface area contributed by atoms with E-state index >= 15 is 0 Å². The Morgan fingerprint density at radius 1 is 1.42 bits per heavy atom. The van der Waals surface area contributed by atoms with Crippen molar-refractivity contribution in [1.29, 1.82) is 0 Å². The number of H-pyrrole nitrogens is 1. The van der Waals surface area contributed by atoms with Gasteiger partial charge in [-0.2, -0.15) is 0 Å². The smallest absolute Gasteiger partial charge is 0.224 e. The summed E-state index contributed by atoms with van der Waals surface area (Å²) in [5.74, 6) is -0.0413. The number of rotatable bonds is 2. The van der Waals surface area contributed by atoms with Crippen molar-refractivity contribution in [3.05, 3.63) is 35.6 Å². The number of pyridine rings is 1. The van der Waals surface area contributed by atoms with Crippen LogP contribution < -0.4 is 5.32 Å². The fraction of sp³-hybridized carbons (Fsp3) is 0.143. The monoisotopic (exact) mass is 273 g/mol. The minimum absolute atomic E-state index is 0.0413. The van der Waals surface area contributed by atoms with Gasteiger partial charge in [-0.3, -0.25) is 9.78 Å². The minimum Gasteiger partial charge on any atom is -0.352 e. The van der Waals surface area contributed by atoms with Gasteiger partial charge in [-0.1, -0.05) is 18.5 Å². The normalized spacial score (nSPS) is 11.1. The van der Waals surface area contributed by atoms with E-state index in [4.69, 9.17) is 11.6 Å². The molecule has 0 radical (unpaired) electrons. The molecule has 4 nitrogen and oxygen atoms in total. The molecule has 5 heteroatoms. The lowest BCUT2D eigenvalue weighted by Gasteiger charge is -2.06. The third-order valence-electron chi connectivity index (χ3n) is 3.07. The topological polar surface area (TPSA) is 57.8 Å². The maximum atomic E-state index is 11.6. The second kappa shape index (κ2) is 4.55. The summed E-state index contributed by atoms with van der Waals surface area (Å²) in [4.78, 5) is 18.9. The Bertz CT molecular complexity index is 779. The van der Waals surface area contributed by atoms with Crippen molar-refractivity contribution in [2.24, 2.45) is 0 Å². The van der Waals surface area contributed by atoms with Gasteiger partial charge in [0, 0.05) is 28.4 Å². The second-order valence-corrected chi connectivity index (χ2v) is 4.76. The molecule has 0 fully saturated rings. The lowest BCUT2D eigenvalue weighted by molar-refractivity contribution is -0.115. The summed E-state index contributed by atoms with van der Waals surface area (Å²) in [6.07, 6.45) is 3.92. The zero-order chi connectivity index (χ0) is 13.4. The van der Waals surface area contributed by atoms with Crippen molar-refractivity contribution in [3.63, 3.8) is 0 Å². The number of hydrogen-bond donors (Lipinski definition) is 2. The number of fused-ring (bicyclic) bond motifs is 3. The molecule has 2 N–H and O–H groups in total. The van der Waals surface area contributed by atoms with E-state index in [1.165, 1.54) is 0 Å². The molecule has 3 aromatic rings. The van der Waals surface area contributed by atoms with Crippen molar-refractivity contribution < 1.29 is 4.79 Å². The Labute approximate surface area is 114 Å². The van der Waals surface area contributed by atoms with Crippen LogP contribution >= 0.6 is 11.6 Å². The van der Waals surface area contributed by atoms with Gasteiger partial charge in [-0.15, -0.1) is 0 Å². The molecule has 1 aromatic carbocycles. The van der Waals surface area contributed by atoms with E-state index in [0.717, 1.165) is 21.8 Å². The van der Waals surface area contributed by atoms with Crippen molar-refractivity contribution in [1.82, 2.24) is 9.97 Å². The Balaban J connectivity index is 2.29. The van der Waals surface area contributed by atoms with Crippen molar-refractivity contribution >= 4 is 45.0 Å². The Kier molecular flexibility index (Phi) is 2.87. The van der Waals surface area contributed by atoms with Gasteiger partial charge in [0.05, 0.1) is 22.9 Å². The fourth-order valence-corrected chi connectivity index (χ4v) is 2.37. The third-order valence-corrected chi connectivity index (χ3v) is 3.29. The van der Waals surface area contributed by atoms with Crippen LogP contribution in [-0.4, -0.2) is 15.9 Å². The van der Waals surface area contributed by atoms with E-state index in [1.807, 2.05) is 19.1 Å². The molecule has 0 saturated heterocycles. The lowest BCUT2D eigenvalue weighted by Crippen LogP contribution is -2.09. The predicted molar refractivity (Wildman–Crippen MR) is 77.5 cm³/mol. The van der Waals surface area contributed by atoms with E-state index in [9.17, 15) is 4.79 Å². The predicted octanol–water partition coefficient (Wildman–Crippen LogP) is 3.72. The van der Waals surface area contributed by atoms with Crippen LogP contribution in [0.4, 0.5) is 5.69 Å². The van der Waals surface area contributed by atoms with Crippen molar-refractivity contribution in [3.8, 4) is 0 Å². The number of halogens is 1. The average Bonchev–Trinajstić information content (AvgIpc) is 2.77. The number of nitrogens with one attached hydrogen (secondary N) is 2. The zero-order valence-electron chi connectivity index (χ0n) is 10.3. The Hall–Kier alpha value is -2.07. The van der Waals surface area contributed by atoms with E-state index in [1.54, 1.807) is 18.5 Å². The molecule has 3 rings (SSSR count). The van der Waals surface area contributed by atoms with Gasteiger partial charge in [0.1, 0.15) is 0 Å². The maximum absolute atomic E-state index is 11.6. The van der Waals surface area contributed by atoms with Crippen LogP contribution in [0.2, 0.25) is 5.02 Å². The number of carbonyl (C=O) groups is 1. The molecular weight excluding hydrogens is 262 g/mol. The van der Waals surface area contributed by atoms with Crippen LogP contribution in [-0.2, 0) is 4.79 Å². The highest BCUT2D eigenvalue weighted by atomic mass is 35.5. The van der Waals surface area contributed by atoms with Crippen LogP contribution in [0, 0.1) is 0 Å². The molecule has 0 aliphatic rings. The molecule has 0 aliphatic heterocycles. The second-order valence-electron chi connectivity index (χ2n) is 4.32. The molecule has 0 saturated carbocycles. The van der Waals surface area contributed by atoms with E-state index in [2.05, 4.69) is 15.3 Å². The number of aromatic nitrogens is 2. The summed E-state index contributed by atoms with van der Waals surface area (Å²) in [6, 6.07) is 5.56. The highest BCUT2D eigenvalue weighted by Crippen LogP contribution is 2.33. The molecule has 96 valence electrons. The van der Waals surface area contributed by atoms with Crippen LogP contribution in [0.15, 0.2) is 30.6 Å². The Morgan fingerprint density at radius 2 is 2.26 bits per heavy atom. The molecule has 1 amide bonds. The highest BCUT2D eigenvalue weighted by molar-refractivity contribution is 6.32. The van der Waals surface area contributed by atoms with Gasteiger partial charge in [-0.25, -0.2) is 0 Å². The first-order valence-electron chi connectivity index (χ1n) is 6.04. The highest BCUT2D eigenvalue weighted by Gasteiger charge is 2.11. The number of nitrogens with zero attached hydrogens (tertiary/aromatic N) is 1. The molecule has 0 atom stereocenters. The zero-order valence-corrected chi connectivity index (χ0v) is 11.1. The van der Waals surface area contributed by atoms with Crippen LogP contribution in [0.25, 0.3) is 21.8 Å². The molecule has 0 unspecified atom stereocenters. The summed E-state index contributed by atoms with van der Waals surface area (Å²) in [5, 5.41) is 5.48. The van der Waals surface area contributed by atoms with E-state index < -0.39 is 0 Å². The number of hydrogen-bond acceptors (Lipinski definition) is 2. The SMILES string of the molecule is CCC(=O)Nc1cc(Cl)cc2c1[nH]c1cnccc12. The number of carbonyl (C=O) groups excluding carboxylic acids is 1. The van der Waals surface area contributed by atoms with Gasteiger partial charge in [0.15, 0.2) is 0 Å². The molecule has 0 aliphatic carbocycles. The van der Waals surface area contributed by atoms with Crippen LogP contribution in [0.3, 0.4) is 0 Å². The van der Waals surface area contributed by atoms with Crippen LogP contribution in [0.1, 0.15) is 13.3 Å². The molecule has 19 heavy (non-hydrogen) atoms. The first kappa shape index (κ1) is 12.0. The number of aromatic amines is 1. The summed E-state index contributed by atoms with van der Waals surface area (Å²) in [7, 11) is 0. The lowest BCUT2D eigenvalue weighted by atomic mass is 10.1. The van der Waals surface area contributed by atoms with Gasteiger partial charge in [0.2, 0.25) is 5.91 Å². The van der Waals surface area contributed by atoms with Gasteiger partial charge < -0.3 is 10.3 Å². The average molecular weight is 274 g/mol. The summed E-state index contributed by atoms with van der Waals surface area (Å²) < 4.78 is 0. The van der Waals surface area contributed by atoms with E-state index in [-0.39, 0.29) is 5.91 Å². The largest absolute Gasteiger partial charge is 0.352 e. The van der Waals surface area contributed by atoms with Gasteiger partial charge >= 0.3 is 0 Å². The van der Waals surface area contributed by atoms with E-state index in [0.29, 0.717) is 17.1 Å². The number of benzene rings is 1. The summed E-state index contributed by atoms with van der Waals surface area (Å²) in [6.45, 7) is 1.81. The van der Waals surface area contributed by atoms with Gasteiger partial charge in [-0.05, 0) is 18.2 Å². The molecule has 0 spiro atoms. The summed E-state index contributed by atoms with van der Waals surface area (Å²) >= 11 is 6.13. The molecule has 0 bridgehead atoms. The molecule has 2 aromatic heterocycles. The standard InChI is InChI=1S/C14H12ClN3O/c1-2-13(19)17-11-6-8(15)5-10-9-3-4-16-7-12(9)18-14(10)11/h3-7,18H,2H2,1H3,(H,17,19). The minimum atomic E-state index is -0.0413. The van der Waals surface area contributed by atoms with Crippen LogP contribution in [0.5, 0.6) is 0 Å². The molecular formula is C14H12ClN3O. The Morgan fingerprint density at radius 3 is 3.05 bits per heavy atom. The number of amides is 1. The number of anilines is 1. The van der Waals surface area contributed by atoms with Crippen molar-refractivity contribution in [2.45, 2.75) is 13.3 Å². The first-order valence-corrected chi connectivity index (χ1v) is 6.41. The molecule has 2 heterocycles. The maximum Gasteiger partial charge on any atom is 0.224 e. The fourth-order valence-electron chi connectivity index (χ4n) is 2.15.